The van der Waals surface area contributed by atoms with Crippen LogP contribution in [0.2, 0.25) is 0 Å². The molecule has 1 fully saturated rings. The van der Waals surface area contributed by atoms with Crippen molar-refractivity contribution in [1.29, 1.82) is 5.26 Å². The largest absolute Gasteiger partial charge is 0.497 e. The maximum atomic E-state index is 12.5. The summed E-state index contributed by atoms with van der Waals surface area (Å²) in [7, 11) is 1.57. The second-order valence-corrected chi connectivity index (χ2v) is 7.35. The average molecular weight is 437 g/mol. The predicted molar refractivity (Wildman–Crippen MR) is 115 cm³/mol. The number of para-hydroxylation sites is 1. The van der Waals surface area contributed by atoms with Crippen LogP contribution in [-0.2, 0) is 9.59 Å². The van der Waals surface area contributed by atoms with Crippen molar-refractivity contribution < 1.29 is 23.9 Å². The van der Waals surface area contributed by atoms with Crippen molar-refractivity contribution in [2.45, 2.75) is 0 Å². The molecule has 1 N–H and O–H groups in total. The number of ether oxygens (including phenoxy) is 2. The van der Waals surface area contributed by atoms with E-state index in [1.54, 1.807) is 61.7 Å². The molecule has 3 rings (SSSR count). The number of benzene rings is 2. The van der Waals surface area contributed by atoms with Crippen molar-refractivity contribution in [1.82, 2.24) is 10.2 Å². The normalized spacial score (nSPS) is 14.5. The lowest BCUT2D eigenvalue weighted by Crippen LogP contribution is -2.38. The summed E-state index contributed by atoms with van der Waals surface area (Å²) in [6.07, 6.45) is 1.64. The molecule has 0 bridgehead atoms. The SMILES string of the molecule is COc1ccc(/C=C2\SC(=O)N(CCNC(=O)COc3ccccc3C#N)C2=O)cc1. The molecule has 0 spiro atoms. The number of imide groups is 1. The zero-order valence-electron chi connectivity index (χ0n) is 16.7. The Morgan fingerprint density at radius 1 is 1.19 bits per heavy atom. The zero-order valence-corrected chi connectivity index (χ0v) is 17.5. The van der Waals surface area contributed by atoms with Crippen LogP contribution in [-0.4, -0.2) is 48.8 Å². The van der Waals surface area contributed by atoms with Gasteiger partial charge in [0.05, 0.1) is 17.6 Å². The maximum Gasteiger partial charge on any atom is 0.293 e. The Kier molecular flexibility index (Phi) is 7.30. The smallest absolute Gasteiger partial charge is 0.293 e. The van der Waals surface area contributed by atoms with Gasteiger partial charge in [-0.2, -0.15) is 5.26 Å². The van der Waals surface area contributed by atoms with Gasteiger partial charge in [-0.15, -0.1) is 0 Å². The fourth-order valence-electron chi connectivity index (χ4n) is 2.73. The molecular formula is C22H19N3O5S. The molecule has 0 aliphatic carbocycles. The summed E-state index contributed by atoms with van der Waals surface area (Å²) in [5.74, 6) is 0.184. The van der Waals surface area contributed by atoms with Crippen molar-refractivity contribution in [3.63, 3.8) is 0 Å². The van der Waals surface area contributed by atoms with Gasteiger partial charge in [0, 0.05) is 13.1 Å². The molecule has 1 heterocycles. The van der Waals surface area contributed by atoms with Crippen LogP contribution < -0.4 is 14.8 Å². The van der Waals surface area contributed by atoms with Crippen LogP contribution in [0, 0.1) is 11.3 Å². The highest BCUT2D eigenvalue weighted by Crippen LogP contribution is 2.32. The third-order valence-electron chi connectivity index (χ3n) is 4.31. The Labute approximate surface area is 183 Å². The van der Waals surface area contributed by atoms with E-state index >= 15 is 0 Å². The number of rotatable bonds is 8. The zero-order chi connectivity index (χ0) is 22.2. The van der Waals surface area contributed by atoms with Crippen LogP contribution in [0.5, 0.6) is 11.5 Å². The topological polar surface area (TPSA) is 109 Å². The van der Waals surface area contributed by atoms with Gasteiger partial charge >= 0.3 is 0 Å². The minimum atomic E-state index is -0.423. The van der Waals surface area contributed by atoms with Crippen LogP contribution in [0.25, 0.3) is 6.08 Å². The van der Waals surface area contributed by atoms with Gasteiger partial charge in [-0.1, -0.05) is 24.3 Å². The van der Waals surface area contributed by atoms with Gasteiger partial charge in [-0.25, -0.2) is 0 Å². The number of nitrogens with zero attached hydrogens (tertiary/aromatic N) is 2. The minimum absolute atomic E-state index is 0.0468. The number of carbonyl (C=O) groups is 3. The van der Waals surface area contributed by atoms with Gasteiger partial charge < -0.3 is 14.8 Å². The number of thioether (sulfide) groups is 1. The van der Waals surface area contributed by atoms with Gasteiger partial charge in [-0.05, 0) is 47.7 Å². The van der Waals surface area contributed by atoms with E-state index in [9.17, 15) is 14.4 Å². The molecule has 1 saturated heterocycles. The van der Waals surface area contributed by atoms with E-state index in [0.717, 1.165) is 22.2 Å². The summed E-state index contributed by atoms with van der Waals surface area (Å²) in [5.41, 5.74) is 1.10. The highest BCUT2D eigenvalue weighted by molar-refractivity contribution is 8.18. The molecular weight excluding hydrogens is 418 g/mol. The molecule has 158 valence electrons. The van der Waals surface area contributed by atoms with Crippen LogP contribution >= 0.6 is 11.8 Å². The molecule has 1 aliphatic rings. The lowest BCUT2D eigenvalue weighted by molar-refractivity contribution is -0.125. The highest BCUT2D eigenvalue weighted by Gasteiger charge is 2.34. The van der Waals surface area contributed by atoms with Gasteiger partial charge in [0.25, 0.3) is 17.1 Å². The molecule has 9 heteroatoms. The fourth-order valence-corrected chi connectivity index (χ4v) is 3.60. The van der Waals surface area contributed by atoms with E-state index in [1.165, 1.54) is 0 Å². The Morgan fingerprint density at radius 3 is 2.65 bits per heavy atom. The molecule has 0 unspecified atom stereocenters. The first-order valence-corrected chi connectivity index (χ1v) is 10.1. The van der Waals surface area contributed by atoms with E-state index in [-0.39, 0.29) is 19.7 Å². The summed E-state index contributed by atoms with van der Waals surface area (Å²) < 4.78 is 10.4. The molecule has 0 atom stereocenters. The van der Waals surface area contributed by atoms with Crippen molar-refractivity contribution in [3.8, 4) is 17.6 Å². The lowest BCUT2D eigenvalue weighted by Gasteiger charge is -2.13. The van der Waals surface area contributed by atoms with Gasteiger partial charge in [0.1, 0.15) is 17.6 Å². The van der Waals surface area contributed by atoms with Crippen molar-refractivity contribution in [2.24, 2.45) is 0 Å². The molecule has 2 aromatic carbocycles. The van der Waals surface area contributed by atoms with Crippen LogP contribution in [0.1, 0.15) is 11.1 Å². The minimum Gasteiger partial charge on any atom is -0.497 e. The van der Waals surface area contributed by atoms with Crippen LogP contribution in [0.3, 0.4) is 0 Å². The summed E-state index contributed by atoms with van der Waals surface area (Å²) in [6, 6.07) is 15.7. The fraction of sp³-hybridized carbons (Fsp3) is 0.182. The molecule has 0 saturated carbocycles. The maximum absolute atomic E-state index is 12.5. The third kappa shape index (κ3) is 5.65. The molecule has 0 aromatic heterocycles. The number of methoxy groups -OCH3 is 1. The first-order valence-electron chi connectivity index (χ1n) is 9.30. The predicted octanol–water partition coefficient (Wildman–Crippen LogP) is 2.80. The number of hydrogen-bond acceptors (Lipinski definition) is 7. The van der Waals surface area contributed by atoms with Crippen molar-refractivity contribution >= 4 is 34.9 Å². The standard InChI is InChI=1S/C22H19N3O5S/c1-29-17-8-6-15(7-9-17)12-19-21(27)25(22(28)31-19)11-10-24-20(26)14-30-18-5-3-2-4-16(18)13-23/h2-9,12H,10-11,14H2,1H3,(H,24,26)/b19-12-. The Bertz CT molecular complexity index is 1060. The van der Waals surface area contributed by atoms with Gasteiger partial charge in [0.15, 0.2) is 6.61 Å². The molecule has 3 amide bonds. The molecule has 2 aromatic rings. The van der Waals surface area contributed by atoms with Gasteiger partial charge in [0.2, 0.25) is 0 Å². The van der Waals surface area contributed by atoms with E-state index in [1.807, 2.05) is 6.07 Å². The first-order chi connectivity index (χ1) is 15.0. The Balaban J connectivity index is 1.49. The Morgan fingerprint density at radius 2 is 1.94 bits per heavy atom. The number of nitriles is 1. The van der Waals surface area contributed by atoms with E-state index in [4.69, 9.17) is 14.7 Å². The third-order valence-corrected chi connectivity index (χ3v) is 5.22. The lowest BCUT2D eigenvalue weighted by atomic mass is 10.2. The van der Waals surface area contributed by atoms with Crippen molar-refractivity contribution in [2.75, 3.05) is 26.8 Å². The molecule has 8 nitrogen and oxygen atoms in total. The molecule has 1 aliphatic heterocycles. The molecule has 31 heavy (non-hydrogen) atoms. The first kappa shape index (κ1) is 21.9. The van der Waals surface area contributed by atoms with Crippen LogP contribution in [0.15, 0.2) is 53.4 Å². The quantitative estimate of drug-likeness (QED) is 0.633. The van der Waals surface area contributed by atoms with Gasteiger partial charge in [-0.3, -0.25) is 19.3 Å². The van der Waals surface area contributed by atoms with E-state index in [2.05, 4.69) is 5.32 Å². The summed E-state index contributed by atoms with van der Waals surface area (Å²) in [5, 5.41) is 11.2. The van der Waals surface area contributed by atoms with E-state index < -0.39 is 17.1 Å². The van der Waals surface area contributed by atoms with E-state index in [0.29, 0.717) is 22.0 Å². The number of hydrogen-bond donors (Lipinski definition) is 1. The summed E-state index contributed by atoms with van der Waals surface area (Å²) >= 11 is 0.856. The molecule has 0 radical (unpaired) electrons. The Hall–Kier alpha value is -3.77. The summed E-state index contributed by atoms with van der Waals surface area (Å²) in [6.45, 7) is -0.140. The number of carbonyl (C=O) groups excluding carboxylic acids is 3. The highest BCUT2D eigenvalue weighted by atomic mass is 32.2. The van der Waals surface area contributed by atoms with Crippen LogP contribution in [0.4, 0.5) is 4.79 Å². The summed E-state index contributed by atoms with van der Waals surface area (Å²) in [4.78, 5) is 38.1. The van der Waals surface area contributed by atoms with Crippen molar-refractivity contribution in [3.05, 3.63) is 64.6 Å². The number of amides is 3. The second kappa shape index (κ2) is 10.3. The number of nitrogens with one attached hydrogen (secondary N) is 1. The average Bonchev–Trinajstić information content (AvgIpc) is 3.05. The monoisotopic (exact) mass is 437 g/mol. The second-order valence-electron chi connectivity index (χ2n) is 6.35.